The van der Waals surface area contributed by atoms with Crippen molar-refractivity contribution in [2.45, 2.75) is 4.83 Å². The lowest BCUT2D eigenvalue weighted by Crippen LogP contribution is -2.26. The number of allylic oxidation sites excluding steroid dienone is 2. The second-order valence-electron chi connectivity index (χ2n) is 3.39. The van der Waals surface area contributed by atoms with Crippen molar-refractivity contribution in [3.63, 3.8) is 0 Å². The van der Waals surface area contributed by atoms with E-state index in [1.807, 2.05) is 25.4 Å². The van der Waals surface area contributed by atoms with Gasteiger partial charge in [0.15, 0.2) is 0 Å². The van der Waals surface area contributed by atoms with Gasteiger partial charge in [0.2, 0.25) is 0 Å². The highest BCUT2D eigenvalue weighted by atomic mass is 79.9. The van der Waals surface area contributed by atoms with E-state index in [4.69, 9.17) is 11.1 Å². The zero-order valence-corrected chi connectivity index (χ0v) is 10.2. The molecule has 0 aliphatic carbocycles. The minimum atomic E-state index is -0.255. The SMILES string of the molecule is CN1C=CC=C(CN=C(N)C(Br)C=N)C1. The van der Waals surface area contributed by atoms with E-state index in [1.54, 1.807) is 0 Å². The summed E-state index contributed by atoms with van der Waals surface area (Å²) in [4.78, 5) is 6.05. The summed E-state index contributed by atoms with van der Waals surface area (Å²) in [5, 5.41) is 7.03. The summed E-state index contributed by atoms with van der Waals surface area (Å²) in [5.74, 6) is 0.447. The van der Waals surface area contributed by atoms with Crippen molar-refractivity contribution < 1.29 is 0 Å². The number of aliphatic imine (C=N–C) groups is 1. The molecule has 4 nitrogen and oxygen atoms in total. The van der Waals surface area contributed by atoms with E-state index in [9.17, 15) is 0 Å². The summed E-state index contributed by atoms with van der Waals surface area (Å²) in [6, 6.07) is 0. The maximum atomic E-state index is 7.03. The Bertz CT molecular complexity index is 319. The first-order valence-corrected chi connectivity index (χ1v) is 5.56. The van der Waals surface area contributed by atoms with Gasteiger partial charge in [0.25, 0.3) is 0 Å². The van der Waals surface area contributed by atoms with Crippen LogP contribution in [0, 0.1) is 5.41 Å². The number of likely N-dealkylation sites (N-methyl/N-ethyl adjacent to an activating group) is 1. The fourth-order valence-corrected chi connectivity index (χ4v) is 1.36. The first kappa shape index (κ1) is 12.0. The smallest absolute Gasteiger partial charge is 0.113 e. The largest absolute Gasteiger partial charge is 0.386 e. The summed E-state index contributed by atoms with van der Waals surface area (Å²) in [7, 11) is 2.02. The zero-order chi connectivity index (χ0) is 11.3. The minimum Gasteiger partial charge on any atom is -0.386 e. The van der Waals surface area contributed by atoms with Crippen LogP contribution in [0.2, 0.25) is 0 Å². The Balaban J connectivity index is 2.53. The normalized spacial score (nSPS) is 18.7. The molecule has 82 valence electrons. The molecule has 0 amide bonds. The van der Waals surface area contributed by atoms with Gasteiger partial charge in [-0.2, -0.15) is 0 Å². The molecule has 1 heterocycles. The molecule has 0 saturated heterocycles. The van der Waals surface area contributed by atoms with Crippen LogP contribution in [0.4, 0.5) is 0 Å². The van der Waals surface area contributed by atoms with Crippen LogP contribution >= 0.6 is 15.9 Å². The van der Waals surface area contributed by atoms with Crippen LogP contribution in [0.3, 0.4) is 0 Å². The third-order valence-corrected chi connectivity index (χ3v) is 2.75. The molecule has 0 saturated carbocycles. The third kappa shape index (κ3) is 3.87. The molecule has 1 aliphatic rings. The molecule has 3 N–H and O–H groups in total. The second-order valence-corrected chi connectivity index (χ2v) is 4.38. The summed E-state index contributed by atoms with van der Waals surface area (Å²) in [5.41, 5.74) is 6.89. The Hall–Kier alpha value is -1.10. The monoisotopic (exact) mass is 270 g/mol. The van der Waals surface area contributed by atoms with E-state index in [1.165, 1.54) is 11.8 Å². The summed E-state index contributed by atoms with van der Waals surface area (Å²) < 4.78 is 0. The van der Waals surface area contributed by atoms with Gasteiger partial charge in [-0.25, -0.2) is 0 Å². The second kappa shape index (κ2) is 5.70. The van der Waals surface area contributed by atoms with Gasteiger partial charge in [-0.05, 0) is 17.8 Å². The average Bonchev–Trinajstić information content (AvgIpc) is 2.25. The number of nitrogens with zero attached hydrogens (tertiary/aromatic N) is 2. The lowest BCUT2D eigenvalue weighted by Gasteiger charge is -2.18. The molecule has 0 aromatic rings. The minimum absolute atomic E-state index is 0.255. The molecule has 0 bridgehead atoms. The predicted octanol–water partition coefficient (Wildman–Crippen LogP) is 1.14. The quantitative estimate of drug-likeness (QED) is 0.457. The molecule has 0 spiro atoms. The third-order valence-electron chi connectivity index (χ3n) is 2.02. The molecule has 1 aliphatic heterocycles. The molecule has 15 heavy (non-hydrogen) atoms. The van der Waals surface area contributed by atoms with Crippen molar-refractivity contribution in [1.29, 1.82) is 5.41 Å². The van der Waals surface area contributed by atoms with E-state index < -0.39 is 0 Å². The van der Waals surface area contributed by atoms with Crippen molar-refractivity contribution in [3.05, 3.63) is 23.9 Å². The van der Waals surface area contributed by atoms with Crippen LogP contribution in [0.5, 0.6) is 0 Å². The Labute approximate surface area is 98.2 Å². The lowest BCUT2D eigenvalue weighted by atomic mass is 10.2. The fraction of sp³-hybridized carbons (Fsp3) is 0.400. The summed E-state index contributed by atoms with van der Waals surface area (Å²) in [6.07, 6.45) is 7.28. The van der Waals surface area contributed by atoms with Gasteiger partial charge in [0, 0.05) is 19.8 Å². The molecule has 1 atom stereocenters. The molecule has 0 radical (unpaired) electrons. The van der Waals surface area contributed by atoms with Crippen molar-refractivity contribution in [1.82, 2.24) is 4.90 Å². The maximum absolute atomic E-state index is 7.03. The van der Waals surface area contributed by atoms with E-state index >= 15 is 0 Å². The topological polar surface area (TPSA) is 65.5 Å². The number of alkyl halides is 1. The van der Waals surface area contributed by atoms with E-state index in [0.717, 1.165) is 6.54 Å². The molecular weight excluding hydrogens is 256 g/mol. The Morgan fingerprint density at radius 1 is 1.87 bits per heavy atom. The van der Waals surface area contributed by atoms with Crippen LogP contribution in [0.1, 0.15) is 0 Å². The van der Waals surface area contributed by atoms with Crippen molar-refractivity contribution >= 4 is 28.0 Å². The van der Waals surface area contributed by atoms with Gasteiger partial charge in [-0.15, -0.1) is 0 Å². The first-order valence-electron chi connectivity index (χ1n) is 4.64. The van der Waals surface area contributed by atoms with E-state index in [-0.39, 0.29) is 4.83 Å². The van der Waals surface area contributed by atoms with Crippen LogP contribution in [0.25, 0.3) is 0 Å². The highest BCUT2D eigenvalue weighted by molar-refractivity contribution is 9.10. The first-order chi connectivity index (χ1) is 7.13. The fourth-order valence-electron chi connectivity index (χ4n) is 1.22. The molecule has 1 rings (SSSR count). The predicted molar refractivity (Wildman–Crippen MR) is 67.8 cm³/mol. The van der Waals surface area contributed by atoms with E-state index in [2.05, 4.69) is 25.8 Å². The number of hydrogen-bond acceptors (Lipinski definition) is 3. The summed E-state index contributed by atoms with van der Waals surface area (Å²) >= 11 is 3.24. The van der Waals surface area contributed by atoms with Crippen molar-refractivity contribution in [2.75, 3.05) is 20.1 Å². The number of amidine groups is 1. The van der Waals surface area contributed by atoms with Gasteiger partial charge in [0.1, 0.15) is 10.7 Å². The van der Waals surface area contributed by atoms with Gasteiger partial charge in [-0.3, -0.25) is 4.99 Å². The van der Waals surface area contributed by atoms with Gasteiger partial charge in [-0.1, -0.05) is 22.0 Å². The molecule has 0 aromatic heterocycles. The van der Waals surface area contributed by atoms with Crippen LogP contribution in [-0.2, 0) is 0 Å². The number of hydrogen-bond donors (Lipinski definition) is 2. The van der Waals surface area contributed by atoms with Crippen molar-refractivity contribution in [3.8, 4) is 0 Å². The van der Waals surface area contributed by atoms with E-state index in [0.29, 0.717) is 12.4 Å². The van der Waals surface area contributed by atoms with Crippen LogP contribution in [0.15, 0.2) is 28.9 Å². The molecule has 1 unspecified atom stereocenters. The van der Waals surface area contributed by atoms with Gasteiger partial charge in [0.05, 0.1) is 6.54 Å². The Morgan fingerprint density at radius 3 is 3.20 bits per heavy atom. The maximum Gasteiger partial charge on any atom is 0.113 e. The number of nitrogens with one attached hydrogen (secondary N) is 1. The number of nitrogens with two attached hydrogens (primary N) is 1. The molecule has 0 fully saturated rings. The number of halogens is 1. The Morgan fingerprint density at radius 2 is 2.60 bits per heavy atom. The molecular formula is C10H15BrN4. The summed E-state index contributed by atoms with van der Waals surface area (Å²) in [6.45, 7) is 1.47. The highest BCUT2D eigenvalue weighted by Gasteiger charge is 2.06. The Kier molecular flexibility index (Phi) is 4.55. The highest BCUT2D eigenvalue weighted by Crippen LogP contribution is 2.06. The standard InChI is InChI=1S/C10H15BrN4/c1-15-4-2-3-8(7-15)6-14-10(13)9(11)5-12/h2-5,9,12H,6-7H2,1H3,(H2,13,14). The zero-order valence-electron chi connectivity index (χ0n) is 8.65. The van der Waals surface area contributed by atoms with Crippen LogP contribution in [-0.4, -0.2) is 41.9 Å². The van der Waals surface area contributed by atoms with Crippen molar-refractivity contribution in [2.24, 2.45) is 10.7 Å². The molecule has 5 heteroatoms. The van der Waals surface area contributed by atoms with Crippen LogP contribution < -0.4 is 5.73 Å². The van der Waals surface area contributed by atoms with Gasteiger partial charge < -0.3 is 16.0 Å². The average molecular weight is 271 g/mol. The van der Waals surface area contributed by atoms with Gasteiger partial charge >= 0.3 is 0 Å². The number of rotatable bonds is 4. The molecule has 0 aromatic carbocycles. The lowest BCUT2D eigenvalue weighted by molar-refractivity contribution is 0.487.